The Balaban J connectivity index is -0.000000300. The molecule has 21 heavy (non-hydrogen) atoms. The lowest BCUT2D eigenvalue weighted by Gasteiger charge is -2.04. The highest BCUT2D eigenvalue weighted by atomic mass is 16.1. The van der Waals surface area contributed by atoms with Gasteiger partial charge < -0.3 is 0 Å². The Morgan fingerprint density at radius 3 is 1.71 bits per heavy atom. The zero-order valence-electron chi connectivity index (χ0n) is 14.7. The Morgan fingerprint density at radius 1 is 1.00 bits per heavy atom. The van der Waals surface area contributed by atoms with Crippen LogP contribution in [-0.4, -0.2) is 5.78 Å². The van der Waals surface area contributed by atoms with Crippen molar-refractivity contribution in [2.75, 3.05) is 0 Å². The Hall–Kier alpha value is -1.29. The quantitative estimate of drug-likeness (QED) is 0.435. The second-order valence-electron chi connectivity index (χ2n) is 6.22. The fourth-order valence-corrected chi connectivity index (χ4v) is 1.52. The van der Waals surface area contributed by atoms with Crippen molar-refractivity contribution in [3.63, 3.8) is 0 Å². The third kappa shape index (κ3) is 16.7. The molecule has 0 unspecified atom stereocenters. The number of ketones is 1. The molecule has 0 rings (SSSR count). The number of carbonyl (C=O) groups is 1. The normalized spacial score (nSPS) is 8.86. The summed E-state index contributed by atoms with van der Waals surface area (Å²) in [7, 11) is 0. The van der Waals surface area contributed by atoms with E-state index in [4.69, 9.17) is 0 Å². The molecule has 1 heteroatoms. The molecule has 0 aromatic heterocycles. The third-order valence-electron chi connectivity index (χ3n) is 2.72. The third-order valence-corrected chi connectivity index (χ3v) is 2.72. The first-order valence-electron chi connectivity index (χ1n) is 7.39. The molecule has 0 aromatic carbocycles. The second kappa shape index (κ2) is 13.7. The van der Waals surface area contributed by atoms with Gasteiger partial charge in [-0.3, -0.25) is 4.79 Å². The molecule has 0 radical (unpaired) electrons. The lowest BCUT2D eigenvalue weighted by atomic mass is 10.00. The van der Waals surface area contributed by atoms with Crippen LogP contribution >= 0.6 is 0 Å². The first-order chi connectivity index (χ1) is 9.11. The van der Waals surface area contributed by atoms with Crippen molar-refractivity contribution in [3.8, 4) is 11.8 Å². The Kier molecular flexibility index (Phi) is 16.1. The molecule has 0 atom stereocenters. The Morgan fingerprint density at radius 2 is 1.43 bits per heavy atom. The fourth-order valence-electron chi connectivity index (χ4n) is 1.52. The molecule has 0 amide bonds. The lowest BCUT2D eigenvalue weighted by Crippen LogP contribution is -2.04. The van der Waals surface area contributed by atoms with E-state index in [0.717, 1.165) is 23.1 Å². The fraction of sp³-hybridized carbons (Fsp3) is 0.650. The summed E-state index contributed by atoms with van der Waals surface area (Å²) in [5.74, 6) is 7.20. The lowest BCUT2D eigenvalue weighted by molar-refractivity contribution is -0.116. The van der Waals surface area contributed by atoms with Crippen LogP contribution in [0.3, 0.4) is 0 Å². The summed E-state index contributed by atoms with van der Waals surface area (Å²) in [4.78, 5) is 11.3. The Bertz CT molecular complexity index is 393. The van der Waals surface area contributed by atoms with Crippen molar-refractivity contribution in [2.24, 2.45) is 11.8 Å². The van der Waals surface area contributed by atoms with Gasteiger partial charge in [-0.25, -0.2) is 0 Å². The molecule has 0 aliphatic carbocycles. The minimum absolute atomic E-state index is 0. The summed E-state index contributed by atoms with van der Waals surface area (Å²) in [6.07, 6.45) is 1.71. The summed E-state index contributed by atoms with van der Waals surface area (Å²) in [6, 6.07) is 0. The van der Waals surface area contributed by atoms with Gasteiger partial charge in [0.2, 0.25) is 0 Å². The van der Waals surface area contributed by atoms with Crippen LogP contribution in [0.2, 0.25) is 0 Å². The summed E-state index contributed by atoms with van der Waals surface area (Å²) >= 11 is 0. The maximum atomic E-state index is 11.3. The van der Waals surface area contributed by atoms with Crippen LogP contribution in [0.15, 0.2) is 23.3 Å². The largest absolute Gasteiger partial charge is 0.295 e. The van der Waals surface area contributed by atoms with Crippen LogP contribution in [0, 0.1) is 23.7 Å². The van der Waals surface area contributed by atoms with E-state index in [-0.39, 0.29) is 7.43 Å². The van der Waals surface area contributed by atoms with Crippen molar-refractivity contribution in [1.82, 2.24) is 0 Å². The van der Waals surface area contributed by atoms with Crippen LogP contribution in [0.4, 0.5) is 0 Å². The molecular formula is C20H36O. The van der Waals surface area contributed by atoms with Gasteiger partial charge in [0.25, 0.3) is 0 Å². The molecule has 0 fully saturated rings. The molecule has 1 nitrogen and oxygen atoms in total. The number of hydrogen-bond donors (Lipinski definition) is 0. The van der Waals surface area contributed by atoms with Gasteiger partial charge in [-0.15, -0.1) is 5.92 Å². The maximum Gasteiger partial charge on any atom is 0.158 e. The van der Waals surface area contributed by atoms with Crippen LogP contribution in [0.1, 0.15) is 75.7 Å². The van der Waals surface area contributed by atoms with Crippen molar-refractivity contribution < 1.29 is 4.79 Å². The van der Waals surface area contributed by atoms with Gasteiger partial charge in [0.1, 0.15) is 0 Å². The van der Waals surface area contributed by atoms with Crippen molar-refractivity contribution in [2.45, 2.75) is 75.7 Å². The predicted molar refractivity (Wildman–Crippen MR) is 97.3 cm³/mol. The number of hydrogen-bond acceptors (Lipinski definition) is 1. The molecule has 0 saturated heterocycles. The molecule has 122 valence electrons. The van der Waals surface area contributed by atoms with E-state index < -0.39 is 0 Å². The standard InChI is InChI=1S/C10H18O.C9H14.CH4/c1-7(2)6-10(11)9(5)8(3)4;1-5-6-9(4)7-8(2)3;/h7H,6H2,1-5H3;8H,4,7H2,1-3H3;1H4. The van der Waals surface area contributed by atoms with E-state index in [0.29, 0.717) is 24.0 Å². The number of Topliss-reactive ketones (excluding diaryl/α,β-unsaturated/α-hetero) is 1. The SMILES string of the molecule is C.C=C(C#CC)CC(C)C.CC(C)=C(C)C(=O)CC(C)C. The van der Waals surface area contributed by atoms with E-state index in [2.05, 4.69) is 46.1 Å². The topological polar surface area (TPSA) is 17.1 Å². The molecule has 0 bridgehead atoms. The maximum absolute atomic E-state index is 11.3. The van der Waals surface area contributed by atoms with Crippen LogP contribution in [0.5, 0.6) is 0 Å². The average molecular weight is 293 g/mol. The van der Waals surface area contributed by atoms with Crippen molar-refractivity contribution in [3.05, 3.63) is 23.3 Å². The average Bonchev–Trinajstić information content (AvgIpc) is 2.26. The van der Waals surface area contributed by atoms with Gasteiger partial charge in [-0.2, -0.15) is 0 Å². The Labute approximate surface area is 133 Å². The summed E-state index contributed by atoms with van der Waals surface area (Å²) in [5, 5.41) is 0. The van der Waals surface area contributed by atoms with Crippen LogP contribution in [0.25, 0.3) is 0 Å². The monoisotopic (exact) mass is 292 g/mol. The van der Waals surface area contributed by atoms with E-state index in [1.165, 1.54) is 0 Å². The zero-order valence-corrected chi connectivity index (χ0v) is 14.7. The summed E-state index contributed by atoms with van der Waals surface area (Å²) < 4.78 is 0. The second-order valence-corrected chi connectivity index (χ2v) is 6.22. The van der Waals surface area contributed by atoms with E-state index in [1.54, 1.807) is 0 Å². The number of carbonyl (C=O) groups excluding carboxylic acids is 1. The highest BCUT2D eigenvalue weighted by molar-refractivity contribution is 5.95. The van der Waals surface area contributed by atoms with Gasteiger partial charge in [0.15, 0.2) is 5.78 Å². The molecule has 0 heterocycles. The summed E-state index contributed by atoms with van der Waals surface area (Å²) in [6.45, 7) is 20.0. The molecular weight excluding hydrogens is 256 g/mol. The van der Waals surface area contributed by atoms with Crippen molar-refractivity contribution in [1.29, 1.82) is 0 Å². The molecule has 0 aromatic rings. The molecule has 0 aliphatic heterocycles. The minimum Gasteiger partial charge on any atom is -0.295 e. The van der Waals surface area contributed by atoms with Gasteiger partial charge in [-0.1, -0.05) is 53.2 Å². The predicted octanol–water partition coefficient (Wildman–Crippen LogP) is 6.21. The van der Waals surface area contributed by atoms with Crippen LogP contribution in [-0.2, 0) is 4.79 Å². The first kappa shape index (κ1) is 24.7. The van der Waals surface area contributed by atoms with E-state index in [9.17, 15) is 4.79 Å². The van der Waals surface area contributed by atoms with E-state index in [1.807, 2.05) is 27.7 Å². The minimum atomic E-state index is 0. The molecule has 0 saturated carbocycles. The summed E-state index contributed by atoms with van der Waals surface area (Å²) in [5.41, 5.74) is 3.11. The van der Waals surface area contributed by atoms with E-state index >= 15 is 0 Å². The number of rotatable bonds is 5. The van der Waals surface area contributed by atoms with Gasteiger partial charge in [0.05, 0.1) is 0 Å². The zero-order chi connectivity index (χ0) is 16.3. The highest BCUT2D eigenvalue weighted by Crippen LogP contribution is 2.10. The molecule has 0 aliphatic rings. The smallest absolute Gasteiger partial charge is 0.158 e. The molecule has 0 spiro atoms. The van der Waals surface area contributed by atoms with Gasteiger partial charge in [0, 0.05) is 6.42 Å². The molecule has 0 N–H and O–H groups in total. The number of allylic oxidation sites excluding steroid dienone is 3. The first-order valence-corrected chi connectivity index (χ1v) is 7.39. The highest BCUT2D eigenvalue weighted by Gasteiger charge is 2.07. The van der Waals surface area contributed by atoms with Gasteiger partial charge in [-0.05, 0) is 57.1 Å². The van der Waals surface area contributed by atoms with Crippen LogP contribution < -0.4 is 0 Å². The van der Waals surface area contributed by atoms with Crippen molar-refractivity contribution >= 4 is 5.78 Å². The van der Waals surface area contributed by atoms with Gasteiger partial charge >= 0.3 is 0 Å².